The molecule has 0 unspecified atom stereocenters. The number of rotatable bonds is 3. The second-order valence-electron chi connectivity index (χ2n) is 7.42. The van der Waals surface area contributed by atoms with Crippen LogP contribution in [0.2, 0.25) is 0 Å². The molecule has 0 radical (unpaired) electrons. The Bertz CT molecular complexity index is 745. The van der Waals surface area contributed by atoms with E-state index < -0.39 is 28.1 Å². The van der Waals surface area contributed by atoms with Crippen molar-refractivity contribution >= 4 is 15.9 Å². The number of sulfonamides is 1. The van der Waals surface area contributed by atoms with E-state index in [1.807, 2.05) is 26.1 Å². The molecule has 0 aliphatic carbocycles. The molecule has 1 N–H and O–H groups in total. The average Bonchev–Trinajstić information content (AvgIpc) is 2.54. The lowest BCUT2D eigenvalue weighted by atomic mass is 9.87. The molecule has 0 spiro atoms. The van der Waals surface area contributed by atoms with Gasteiger partial charge < -0.3 is 5.32 Å². The minimum atomic E-state index is -4.93. The Morgan fingerprint density at radius 2 is 1.58 bits per heavy atom. The third-order valence-corrected chi connectivity index (χ3v) is 6.32. The summed E-state index contributed by atoms with van der Waals surface area (Å²) < 4.78 is 63.5. The normalized spacial score (nSPS) is 17.9. The van der Waals surface area contributed by atoms with Gasteiger partial charge in [0.15, 0.2) is 0 Å². The summed E-state index contributed by atoms with van der Waals surface area (Å²) >= 11 is 0. The molecule has 26 heavy (non-hydrogen) atoms. The molecule has 1 heterocycles. The van der Waals surface area contributed by atoms with Crippen molar-refractivity contribution in [3.63, 3.8) is 0 Å². The van der Waals surface area contributed by atoms with Crippen LogP contribution in [0.4, 0.5) is 13.2 Å². The van der Waals surface area contributed by atoms with Crippen LogP contribution >= 0.6 is 0 Å². The van der Waals surface area contributed by atoms with Crippen molar-refractivity contribution in [3.05, 3.63) is 29.8 Å². The molecule has 1 aromatic carbocycles. The summed E-state index contributed by atoms with van der Waals surface area (Å²) in [7, 11) is -3.71. The fourth-order valence-corrected chi connectivity index (χ4v) is 4.25. The van der Waals surface area contributed by atoms with E-state index in [2.05, 4.69) is 0 Å². The topological polar surface area (TPSA) is 66.5 Å². The summed E-state index contributed by atoms with van der Waals surface area (Å²) in [4.78, 5) is 11.1. The lowest BCUT2D eigenvalue weighted by Gasteiger charge is -2.31. The predicted octanol–water partition coefficient (Wildman–Crippen LogP) is 2.82. The average molecular weight is 392 g/mol. The number of carbonyl (C=O) groups is 1. The third kappa shape index (κ3) is 4.76. The van der Waals surface area contributed by atoms with Gasteiger partial charge in [-0.05, 0) is 36.0 Å². The van der Waals surface area contributed by atoms with Crippen LogP contribution in [-0.2, 0) is 20.2 Å². The number of benzene rings is 1. The number of nitrogens with zero attached hydrogens (tertiary/aromatic N) is 1. The standard InChI is InChI=1S/C17H23F3N2O3S/c1-16(2,3)12-4-6-14(7-5-12)26(24,25)22-10-8-13(9-11-22)21-15(23)17(18,19)20/h4-7,13H,8-11H2,1-3H3,(H,21,23). The highest BCUT2D eigenvalue weighted by molar-refractivity contribution is 7.89. The first kappa shape index (κ1) is 20.7. The first-order chi connectivity index (χ1) is 11.8. The van der Waals surface area contributed by atoms with Gasteiger partial charge in [-0.3, -0.25) is 4.79 Å². The molecule has 1 aliphatic heterocycles. The molecule has 0 saturated carbocycles. The van der Waals surface area contributed by atoms with Crippen molar-refractivity contribution in [2.24, 2.45) is 0 Å². The Labute approximate surface area is 151 Å². The number of hydrogen-bond donors (Lipinski definition) is 1. The second-order valence-corrected chi connectivity index (χ2v) is 9.36. The molecule has 146 valence electrons. The van der Waals surface area contributed by atoms with E-state index in [1.165, 1.54) is 4.31 Å². The number of halogens is 3. The van der Waals surface area contributed by atoms with E-state index in [9.17, 15) is 26.4 Å². The summed E-state index contributed by atoms with van der Waals surface area (Å²) in [6, 6.07) is 5.95. The predicted molar refractivity (Wildman–Crippen MR) is 91.1 cm³/mol. The Balaban J connectivity index is 2.03. The summed E-state index contributed by atoms with van der Waals surface area (Å²) in [6.07, 6.45) is -4.65. The lowest BCUT2D eigenvalue weighted by Crippen LogP contribution is -2.49. The van der Waals surface area contributed by atoms with Crippen LogP contribution in [0.5, 0.6) is 0 Å². The highest BCUT2D eigenvalue weighted by Crippen LogP contribution is 2.26. The highest BCUT2D eigenvalue weighted by atomic mass is 32.2. The maximum absolute atomic E-state index is 12.7. The maximum Gasteiger partial charge on any atom is 0.471 e. The van der Waals surface area contributed by atoms with Crippen molar-refractivity contribution in [2.75, 3.05) is 13.1 Å². The largest absolute Gasteiger partial charge is 0.471 e. The molecule has 0 bridgehead atoms. The van der Waals surface area contributed by atoms with Crippen molar-refractivity contribution in [1.29, 1.82) is 0 Å². The molecule has 1 aliphatic rings. The van der Waals surface area contributed by atoms with E-state index in [4.69, 9.17) is 0 Å². The second kappa shape index (κ2) is 7.19. The Hall–Kier alpha value is -1.61. The molecular weight excluding hydrogens is 369 g/mol. The van der Waals surface area contributed by atoms with Crippen LogP contribution in [-0.4, -0.2) is 43.9 Å². The van der Waals surface area contributed by atoms with Gasteiger partial charge in [-0.15, -0.1) is 0 Å². The van der Waals surface area contributed by atoms with E-state index >= 15 is 0 Å². The molecule has 0 atom stereocenters. The van der Waals surface area contributed by atoms with Gasteiger partial charge in [0.1, 0.15) is 0 Å². The van der Waals surface area contributed by atoms with Crippen LogP contribution in [0.1, 0.15) is 39.2 Å². The van der Waals surface area contributed by atoms with E-state index in [0.29, 0.717) is 0 Å². The van der Waals surface area contributed by atoms with Crippen LogP contribution in [0.3, 0.4) is 0 Å². The minimum Gasteiger partial charge on any atom is -0.345 e. The third-order valence-electron chi connectivity index (χ3n) is 4.40. The van der Waals surface area contributed by atoms with E-state index in [-0.39, 0.29) is 36.2 Å². The number of nitrogens with one attached hydrogen (secondary N) is 1. The van der Waals surface area contributed by atoms with Gasteiger partial charge in [0.2, 0.25) is 10.0 Å². The number of piperidine rings is 1. The van der Waals surface area contributed by atoms with E-state index in [0.717, 1.165) is 5.56 Å². The molecule has 9 heteroatoms. The summed E-state index contributed by atoms with van der Waals surface area (Å²) in [6.45, 7) is 6.20. The van der Waals surface area contributed by atoms with Gasteiger partial charge in [-0.25, -0.2) is 8.42 Å². The number of carbonyl (C=O) groups excluding carboxylic acids is 1. The van der Waals surface area contributed by atoms with Gasteiger partial charge in [0.25, 0.3) is 0 Å². The van der Waals surface area contributed by atoms with E-state index in [1.54, 1.807) is 24.3 Å². The zero-order valence-electron chi connectivity index (χ0n) is 14.9. The molecule has 1 fully saturated rings. The van der Waals surface area contributed by atoms with Crippen molar-refractivity contribution in [3.8, 4) is 0 Å². The first-order valence-electron chi connectivity index (χ1n) is 8.30. The van der Waals surface area contributed by atoms with Crippen molar-refractivity contribution in [2.45, 2.75) is 56.1 Å². The number of hydrogen-bond acceptors (Lipinski definition) is 3. The number of alkyl halides is 3. The molecule has 1 saturated heterocycles. The van der Waals surface area contributed by atoms with Crippen LogP contribution in [0.25, 0.3) is 0 Å². The monoisotopic (exact) mass is 392 g/mol. The molecule has 1 amide bonds. The summed E-state index contributed by atoms with van der Waals surface area (Å²) in [5.74, 6) is -1.99. The quantitative estimate of drug-likeness (QED) is 0.860. The Morgan fingerprint density at radius 3 is 2.00 bits per heavy atom. The van der Waals surface area contributed by atoms with Crippen LogP contribution < -0.4 is 5.32 Å². The SMILES string of the molecule is CC(C)(C)c1ccc(S(=O)(=O)N2CCC(NC(=O)C(F)(F)F)CC2)cc1. The lowest BCUT2D eigenvalue weighted by molar-refractivity contribution is -0.174. The smallest absolute Gasteiger partial charge is 0.345 e. The first-order valence-corrected chi connectivity index (χ1v) is 9.74. The van der Waals surface area contributed by atoms with Crippen molar-refractivity contribution < 1.29 is 26.4 Å². The summed E-state index contributed by atoms with van der Waals surface area (Å²) in [5, 5.41) is 1.91. The van der Waals surface area contributed by atoms with Gasteiger partial charge >= 0.3 is 12.1 Å². The zero-order valence-corrected chi connectivity index (χ0v) is 15.7. The Morgan fingerprint density at radius 1 is 1.08 bits per heavy atom. The fourth-order valence-electron chi connectivity index (χ4n) is 2.78. The van der Waals surface area contributed by atoms with Crippen LogP contribution in [0, 0.1) is 0 Å². The van der Waals surface area contributed by atoms with Gasteiger partial charge in [-0.1, -0.05) is 32.9 Å². The van der Waals surface area contributed by atoms with Gasteiger partial charge in [0.05, 0.1) is 4.90 Å². The van der Waals surface area contributed by atoms with Gasteiger partial charge in [0, 0.05) is 19.1 Å². The highest BCUT2D eigenvalue weighted by Gasteiger charge is 2.40. The fraction of sp³-hybridized carbons (Fsp3) is 0.588. The summed E-state index contributed by atoms with van der Waals surface area (Å²) in [5.41, 5.74) is 0.905. The molecule has 1 aromatic rings. The molecule has 5 nitrogen and oxygen atoms in total. The van der Waals surface area contributed by atoms with Gasteiger partial charge in [-0.2, -0.15) is 17.5 Å². The molecule has 0 aromatic heterocycles. The van der Waals surface area contributed by atoms with Crippen molar-refractivity contribution in [1.82, 2.24) is 9.62 Å². The Kier molecular flexibility index (Phi) is 5.72. The molecular formula is C17H23F3N2O3S. The van der Waals surface area contributed by atoms with Crippen LogP contribution in [0.15, 0.2) is 29.2 Å². The minimum absolute atomic E-state index is 0.0617. The maximum atomic E-state index is 12.7. The number of amides is 1. The molecule has 2 rings (SSSR count). The zero-order chi connectivity index (χ0) is 19.8.